The molecule has 8 rings (SSSR count). The fourth-order valence-electron chi connectivity index (χ4n) is 8.15. The van der Waals surface area contributed by atoms with E-state index in [0.717, 1.165) is 23.8 Å². The molecule has 2 aliphatic heterocycles. The van der Waals surface area contributed by atoms with Gasteiger partial charge < -0.3 is 29.4 Å². The number of sulfonamides is 1. The van der Waals surface area contributed by atoms with Crippen molar-refractivity contribution in [3.05, 3.63) is 72.1 Å². The molecule has 5 atom stereocenters. The van der Waals surface area contributed by atoms with E-state index in [-0.39, 0.29) is 31.6 Å². The number of allylic oxidation sites excluding steroid dienone is 1. The number of benzene rings is 2. The highest BCUT2D eigenvalue weighted by atomic mass is 32.2. The van der Waals surface area contributed by atoms with Crippen LogP contribution < -0.4 is 20.1 Å². The second-order valence-electron chi connectivity index (χ2n) is 17.5. The maximum Gasteiger partial charge on any atom is 0.408 e. The van der Waals surface area contributed by atoms with E-state index >= 15 is 0 Å². The number of hydrogen-bond donors (Lipinski definition) is 3. The van der Waals surface area contributed by atoms with Crippen LogP contribution in [0.4, 0.5) is 9.18 Å². The molecule has 3 fully saturated rings. The first kappa shape index (κ1) is 41.2. The number of carbonyl (C=O) groups is 4. The lowest BCUT2D eigenvalue weighted by atomic mass is 10.0. The fourth-order valence-corrected chi connectivity index (χ4v) is 9.52. The van der Waals surface area contributed by atoms with Crippen molar-refractivity contribution in [1.82, 2.24) is 25.2 Å². The number of pyridine rings is 1. The highest BCUT2D eigenvalue weighted by molar-refractivity contribution is 7.91. The van der Waals surface area contributed by atoms with Crippen LogP contribution in [-0.4, -0.2) is 83.2 Å². The van der Waals surface area contributed by atoms with Gasteiger partial charge in [-0.25, -0.2) is 22.6 Å². The van der Waals surface area contributed by atoms with Crippen molar-refractivity contribution < 1.29 is 45.9 Å². The van der Waals surface area contributed by atoms with Gasteiger partial charge in [0.25, 0.3) is 5.91 Å². The fraction of sp³-hybridized carbons (Fsp3) is 0.477. The number of nitrogens with zero attached hydrogens (tertiary/aromatic N) is 2. The molecule has 2 aromatic carbocycles. The molecule has 4 aliphatic rings. The number of alkyl carbamates (subject to hydrolysis) is 1. The Kier molecular flexibility index (Phi) is 10.9. The number of halogens is 1. The summed E-state index contributed by atoms with van der Waals surface area (Å²) < 4.78 is 60.6. The zero-order chi connectivity index (χ0) is 42.6. The molecule has 318 valence electrons. The van der Waals surface area contributed by atoms with Crippen molar-refractivity contribution in [1.29, 1.82) is 0 Å². The number of aryl methyl sites for hydroxylation is 1. The van der Waals surface area contributed by atoms with Gasteiger partial charge in [-0.1, -0.05) is 36.6 Å². The quantitative estimate of drug-likeness (QED) is 0.177. The highest BCUT2D eigenvalue weighted by Crippen LogP contribution is 2.46. The number of nitrogens with one attached hydrogen (secondary N) is 3. The van der Waals surface area contributed by atoms with Crippen LogP contribution in [0.15, 0.2) is 65.1 Å². The monoisotopic (exact) mass is 843 g/mol. The molecule has 14 nitrogen and oxygen atoms in total. The van der Waals surface area contributed by atoms with Gasteiger partial charge in [-0.2, -0.15) is 0 Å². The van der Waals surface area contributed by atoms with E-state index in [1.54, 1.807) is 39.0 Å². The topological polar surface area (TPSA) is 186 Å². The van der Waals surface area contributed by atoms with E-state index in [2.05, 4.69) is 15.4 Å². The second-order valence-corrected chi connectivity index (χ2v) is 19.4. The summed E-state index contributed by atoms with van der Waals surface area (Å²) in [5.41, 5.74) is 1.10. The first-order chi connectivity index (χ1) is 28.5. The van der Waals surface area contributed by atoms with Crippen LogP contribution in [-0.2, 0) is 29.1 Å². The number of rotatable bonds is 7. The Bertz CT molecular complexity index is 2490. The highest BCUT2D eigenvalue weighted by Gasteiger charge is 2.62. The summed E-state index contributed by atoms with van der Waals surface area (Å²) >= 11 is 0. The van der Waals surface area contributed by atoms with Gasteiger partial charge in [-0.15, -0.1) is 0 Å². The second kappa shape index (κ2) is 15.8. The Morgan fingerprint density at radius 1 is 1.03 bits per heavy atom. The van der Waals surface area contributed by atoms with Gasteiger partial charge >= 0.3 is 6.09 Å². The summed E-state index contributed by atoms with van der Waals surface area (Å²) in [5, 5.41) is 5.72. The summed E-state index contributed by atoms with van der Waals surface area (Å²) in [6.45, 7) is 7.02. The molecule has 0 unspecified atom stereocenters. The number of fused-ring (bicyclic) bond motifs is 5. The number of furan rings is 1. The summed E-state index contributed by atoms with van der Waals surface area (Å²) in [6, 6.07) is 11.0. The van der Waals surface area contributed by atoms with Crippen LogP contribution in [0.5, 0.6) is 5.75 Å². The number of ether oxygens (including phenoxy) is 2. The molecule has 2 aliphatic carbocycles. The molecule has 0 spiro atoms. The predicted molar refractivity (Wildman–Crippen MR) is 221 cm³/mol. The van der Waals surface area contributed by atoms with E-state index < -0.39 is 80.2 Å². The van der Waals surface area contributed by atoms with Crippen LogP contribution in [0.3, 0.4) is 0 Å². The van der Waals surface area contributed by atoms with E-state index in [9.17, 15) is 32.0 Å². The van der Waals surface area contributed by atoms with Crippen molar-refractivity contribution in [2.45, 2.75) is 120 Å². The molecule has 16 heteroatoms. The van der Waals surface area contributed by atoms with Gasteiger partial charge in [-0.05, 0) is 103 Å². The Morgan fingerprint density at radius 2 is 1.80 bits per heavy atom. The van der Waals surface area contributed by atoms with E-state index in [0.29, 0.717) is 53.6 Å². The van der Waals surface area contributed by atoms with Crippen molar-refractivity contribution >= 4 is 55.9 Å². The summed E-state index contributed by atoms with van der Waals surface area (Å²) in [7, 11) is -3.93. The van der Waals surface area contributed by atoms with Gasteiger partial charge in [0.2, 0.25) is 21.8 Å². The molecule has 4 heterocycles. The third kappa shape index (κ3) is 8.70. The lowest BCUT2D eigenvalue weighted by Gasteiger charge is -2.30. The molecule has 4 amide bonds. The van der Waals surface area contributed by atoms with E-state index in [4.69, 9.17) is 18.9 Å². The van der Waals surface area contributed by atoms with Gasteiger partial charge in [0.15, 0.2) is 11.3 Å². The maximum absolute atomic E-state index is 14.7. The van der Waals surface area contributed by atoms with Crippen molar-refractivity contribution in [3.63, 3.8) is 0 Å². The Balaban J connectivity index is 1.15. The first-order valence-corrected chi connectivity index (χ1v) is 22.2. The van der Waals surface area contributed by atoms with Gasteiger partial charge in [-0.3, -0.25) is 19.1 Å². The van der Waals surface area contributed by atoms with Crippen molar-refractivity contribution in [2.24, 2.45) is 5.92 Å². The van der Waals surface area contributed by atoms with Crippen LogP contribution in [0.1, 0.15) is 84.1 Å². The summed E-state index contributed by atoms with van der Waals surface area (Å²) in [6.07, 6.45) is 6.29. The largest absolute Gasteiger partial charge is 0.484 e. The van der Waals surface area contributed by atoms with Crippen LogP contribution in [0, 0.1) is 18.7 Å². The number of amides is 4. The Labute approximate surface area is 347 Å². The SMILES string of the molecule is Cc1ccc2oc3c(O[C@@H]4C[C@H]5C(=O)N[C@]6(C(=O)NS(=O)(=O)C7CC7)C[C@H]6/C=C\CCCCC[C@H](NC(=O)OC(C)(C)C)C(=O)N5C4)cc(-c4ccc(F)cc4)nc3c2c1. The Hall–Kier alpha value is -5.51. The molecule has 0 radical (unpaired) electrons. The van der Waals surface area contributed by atoms with Crippen molar-refractivity contribution in [2.75, 3.05) is 6.54 Å². The van der Waals surface area contributed by atoms with Gasteiger partial charge in [0, 0.05) is 29.4 Å². The Morgan fingerprint density at radius 3 is 2.53 bits per heavy atom. The lowest BCUT2D eigenvalue weighted by molar-refractivity contribution is -0.141. The molecular weight excluding hydrogens is 794 g/mol. The number of carbonyl (C=O) groups excluding carboxylic acids is 4. The minimum Gasteiger partial charge on any atom is -0.484 e. The van der Waals surface area contributed by atoms with Crippen LogP contribution in [0.2, 0.25) is 0 Å². The molecule has 1 saturated heterocycles. The standard InChI is InChI=1S/C44H50FN5O9S/c1-25-12-19-35-31(20-25)37-38(58-35)36(22-33(46-37)26-13-15-28(45)16-14-26)57-29-21-34-39(51)48-44(41(53)49-60(55,56)30-17-18-30)23-27(44)10-8-6-5-7-9-11-32(40(52)50(34)24-29)47-42(54)59-43(2,3)4/h8,10,12-16,19-20,22,27,29-30,32,34H,5-7,9,11,17-18,21,23-24H2,1-4H3,(H,47,54)(H,48,51)(H,49,53)/b10-8-/t27-,29-,32+,34+,44-/m1/s1. The molecule has 60 heavy (non-hydrogen) atoms. The maximum atomic E-state index is 14.7. The average Bonchev–Trinajstić information content (AvgIpc) is 4.08. The zero-order valence-corrected chi connectivity index (χ0v) is 34.9. The molecule has 2 aromatic heterocycles. The zero-order valence-electron chi connectivity index (χ0n) is 34.1. The summed E-state index contributed by atoms with van der Waals surface area (Å²) in [4.78, 5) is 62.5. The van der Waals surface area contributed by atoms with E-state index in [1.165, 1.54) is 17.0 Å². The van der Waals surface area contributed by atoms with Crippen LogP contribution >= 0.6 is 0 Å². The predicted octanol–water partition coefficient (Wildman–Crippen LogP) is 6.34. The first-order valence-electron chi connectivity index (χ1n) is 20.6. The summed E-state index contributed by atoms with van der Waals surface area (Å²) in [5.74, 6) is -2.61. The minimum atomic E-state index is -3.93. The molecule has 4 aromatic rings. The van der Waals surface area contributed by atoms with Gasteiger partial charge in [0.05, 0.1) is 17.5 Å². The molecular formula is C44H50FN5O9S. The van der Waals surface area contributed by atoms with Crippen LogP contribution in [0.25, 0.3) is 33.3 Å². The minimum absolute atomic E-state index is 0.0235. The third-order valence-corrected chi connectivity index (χ3v) is 13.3. The molecule has 3 N–H and O–H groups in total. The number of aromatic nitrogens is 1. The normalized spacial score (nSPS) is 25.6. The molecule has 2 saturated carbocycles. The average molecular weight is 844 g/mol. The molecule has 0 bridgehead atoms. The lowest BCUT2D eigenvalue weighted by Crippen LogP contribution is -2.58. The third-order valence-electron chi connectivity index (χ3n) is 11.5. The smallest absolute Gasteiger partial charge is 0.408 e. The van der Waals surface area contributed by atoms with Gasteiger partial charge in [0.1, 0.15) is 46.2 Å². The number of hydrogen-bond acceptors (Lipinski definition) is 10. The van der Waals surface area contributed by atoms with Crippen molar-refractivity contribution in [3.8, 4) is 17.0 Å². The van der Waals surface area contributed by atoms with E-state index in [1.807, 2.05) is 37.3 Å².